The van der Waals surface area contributed by atoms with Gasteiger partial charge in [-0.1, -0.05) is 44.3 Å². The first-order chi connectivity index (χ1) is 7.80. The van der Waals surface area contributed by atoms with Gasteiger partial charge < -0.3 is 5.73 Å². The minimum Gasteiger partial charge on any atom is -0.389 e. The van der Waals surface area contributed by atoms with Crippen molar-refractivity contribution in [1.29, 1.82) is 0 Å². The molecule has 0 unspecified atom stereocenters. The molecular formula is C12H17NO2S2. The van der Waals surface area contributed by atoms with Gasteiger partial charge in [-0.25, -0.2) is 8.42 Å². The molecule has 0 fully saturated rings. The molecule has 0 saturated heterocycles. The molecule has 1 aromatic carbocycles. The van der Waals surface area contributed by atoms with E-state index in [2.05, 4.69) is 0 Å². The molecule has 0 aromatic heterocycles. The van der Waals surface area contributed by atoms with E-state index >= 15 is 0 Å². The van der Waals surface area contributed by atoms with E-state index in [1.54, 1.807) is 24.3 Å². The van der Waals surface area contributed by atoms with E-state index in [1.165, 1.54) is 0 Å². The van der Waals surface area contributed by atoms with Crippen LogP contribution >= 0.6 is 12.2 Å². The number of rotatable bonds is 5. The van der Waals surface area contributed by atoms with Crippen LogP contribution in [0.5, 0.6) is 0 Å². The summed E-state index contributed by atoms with van der Waals surface area (Å²) >= 11 is 4.86. The van der Waals surface area contributed by atoms with E-state index in [-0.39, 0.29) is 22.4 Å². The lowest BCUT2D eigenvalue weighted by Crippen LogP contribution is -2.15. The topological polar surface area (TPSA) is 60.2 Å². The van der Waals surface area contributed by atoms with Crippen LogP contribution in [0.2, 0.25) is 0 Å². The Morgan fingerprint density at radius 1 is 1.41 bits per heavy atom. The van der Waals surface area contributed by atoms with Crippen LogP contribution in [0.1, 0.15) is 25.0 Å². The first-order valence-electron chi connectivity index (χ1n) is 5.39. The van der Waals surface area contributed by atoms with E-state index in [0.29, 0.717) is 5.56 Å². The molecule has 0 saturated carbocycles. The highest BCUT2D eigenvalue weighted by atomic mass is 32.2. The summed E-state index contributed by atoms with van der Waals surface area (Å²) in [5, 5.41) is 0. The molecule has 0 spiro atoms. The normalized spacial score (nSPS) is 11.7. The fourth-order valence-corrected chi connectivity index (χ4v) is 3.58. The summed E-state index contributed by atoms with van der Waals surface area (Å²) < 4.78 is 23.7. The van der Waals surface area contributed by atoms with Crippen molar-refractivity contribution < 1.29 is 8.42 Å². The largest absolute Gasteiger partial charge is 0.389 e. The van der Waals surface area contributed by atoms with Gasteiger partial charge in [0.25, 0.3) is 0 Å². The Balaban J connectivity index is 2.89. The summed E-state index contributed by atoms with van der Waals surface area (Å²) in [4.78, 5) is 0.285. The van der Waals surface area contributed by atoms with Crippen molar-refractivity contribution in [3.8, 4) is 0 Å². The summed E-state index contributed by atoms with van der Waals surface area (Å²) in [5.41, 5.74) is 6.95. The molecule has 94 valence electrons. The highest BCUT2D eigenvalue weighted by Crippen LogP contribution is 2.12. The molecule has 2 N–H and O–H groups in total. The van der Waals surface area contributed by atoms with Gasteiger partial charge in [-0.05, 0) is 17.5 Å². The maximum absolute atomic E-state index is 11.8. The third-order valence-corrected chi connectivity index (χ3v) is 4.37. The Hall–Kier alpha value is -0.940. The van der Waals surface area contributed by atoms with Crippen molar-refractivity contribution >= 4 is 27.0 Å². The van der Waals surface area contributed by atoms with Crippen LogP contribution in [0.25, 0.3) is 0 Å². The number of thiocarbonyl (C=S) groups is 1. The third kappa shape index (κ3) is 4.83. The predicted molar refractivity (Wildman–Crippen MR) is 74.7 cm³/mol. The van der Waals surface area contributed by atoms with Crippen molar-refractivity contribution in [3.05, 3.63) is 35.4 Å². The third-order valence-electron chi connectivity index (χ3n) is 2.19. The maximum Gasteiger partial charge on any atom is 0.154 e. The highest BCUT2D eigenvalue weighted by molar-refractivity contribution is 7.90. The predicted octanol–water partition coefficient (Wildman–Crippen LogP) is 1.89. The van der Waals surface area contributed by atoms with Gasteiger partial charge in [-0.15, -0.1) is 0 Å². The lowest BCUT2D eigenvalue weighted by molar-refractivity contribution is 0.581. The van der Waals surface area contributed by atoms with E-state index in [1.807, 2.05) is 13.8 Å². The summed E-state index contributed by atoms with van der Waals surface area (Å²) in [7, 11) is -3.06. The number of benzene rings is 1. The first-order valence-corrected chi connectivity index (χ1v) is 7.62. The van der Waals surface area contributed by atoms with Gasteiger partial charge in [-0.2, -0.15) is 0 Å². The first kappa shape index (κ1) is 14.1. The zero-order chi connectivity index (χ0) is 13.1. The molecular weight excluding hydrogens is 254 g/mol. The summed E-state index contributed by atoms with van der Waals surface area (Å²) in [6, 6.07) is 7.06. The maximum atomic E-state index is 11.8. The van der Waals surface area contributed by atoms with Crippen molar-refractivity contribution in [2.45, 2.75) is 19.6 Å². The number of hydrogen-bond donors (Lipinski definition) is 1. The molecule has 0 radical (unpaired) electrons. The van der Waals surface area contributed by atoms with Crippen LogP contribution < -0.4 is 5.73 Å². The smallest absolute Gasteiger partial charge is 0.154 e. The average molecular weight is 271 g/mol. The zero-order valence-corrected chi connectivity index (χ0v) is 11.6. The monoisotopic (exact) mass is 271 g/mol. The second-order valence-corrected chi connectivity index (χ2v) is 7.06. The van der Waals surface area contributed by atoms with E-state index in [4.69, 9.17) is 18.0 Å². The molecule has 0 aliphatic carbocycles. The number of nitrogens with two attached hydrogens (primary N) is 1. The zero-order valence-electron chi connectivity index (χ0n) is 10.0. The van der Waals surface area contributed by atoms with Crippen LogP contribution in [0.3, 0.4) is 0 Å². The summed E-state index contributed by atoms with van der Waals surface area (Å²) in [6.07, 6.45) is 0. The van der Waals surface area contributed by atoms with Crippen LogP contribution in [-0.2, 0) is 15.6 Å². The molecule has 3 nitrogen and oxygen atoms in total. The molecule has 0 atom stereocenters. The van der Waals surface area contributed by atoms with Gasteiger partial charge >= 0.3 is 0 Å². The Labute approximate surface area is 108 Å². The molecule has 1 rings (SSSR count). The van der Waals surface area contributed by atoms with Gasteiger partial charge in [0, 0.05) is 5.56 Å². The molecule has 17 heavy (non-hydrogen) atoms. The molecule has 0 aliphatic heterocycles. The fourth-order valence-electron chi connectivity index (χ4n) is 1.64. The van der Waals surface area contributed by atoms with E-state index in [9.17, 15) is 8.42 Å². The fraction of sp³-hybridized carbons (Fsp3) is 0.417. The van der Waals surface area contributed by atoms with Crippen LogP contribution in [0.15, 0.2) is 24.3 Å². The molecule has 0 bridgehead atoms. The average Bonchev–Trinajstić information content (AvgIpc) is 2.14. The van der Waals surface area contributed by atoms with Crippen LogP contribution in [-0.4, -0.2) is 19.2 Å². The van der Waals surface area contributed by atoms with E-state index in [0.717, 1.165) is 5.56 Å². The van der Waals surface area contributed by atoms with Gasteiger partial charge in [-0.3, -0.25) is 0 Å². The highest BCUT2D eigenvalue weighted by Gasteiger charge is 2.14. The molecule has 1 aromatic rings. The molecule has 0 aliphatic rings. The van der Waals surface area contributed by atoms with Gasteiger partial charge in [0.05, 0.1) is 11.5 Å². The molecule has 0 amide bonds. The molecule has 5 heteroatoms. The van der Waals surface area contributed by atoms with Gasteiger partial charge in [0.1, 0.15) is 4.99 Å². The van der Waals surface area contributed by atoms with Crippen LogP contribution in [0.4, 0.5) is 0 Å². The lowest BCUT2D eigenvalue weighted by atomic mass is 10.1. The lowest BCUT2D eigenvalue weighted by Gasteiger charge is -2.08. The number of sulfone groups is 1. The van der Waals surface area contributed by atoms with Gasteiger partial charge in [0.2, 0.25) is 0 Å². The Morgan fingerprint density at radius 3 is 2.59 bits per heavy atom. The second-order valence-electron chi connectivity index (χ2n) is 4.51. The van der Waals surface area contributed by atoms with Crippen LogP contribution in [0, 0.1) is 5.92 Å². The van der Waals surface area contributed by atoms with Crippen molar-refractivity contribution in [2.24, 2.45) is 11.7 Å². The van der Waals surface area contributed by atoms with Crippen molar-refractivity contribution in [1.82, 2.24) is 0 Å². The van der Waals surface area contributed by atoms with Crippen molar-refractivity contribution in [3.63, 3.8) is 0 Å². The minimum atomic E-state index is -3.06. The van der Waals surface area contributed by atoms with E-state index < -0.39 is 9.84 Å². The standard InChI is InChI=1S/C12H17NO2S2/c1-9(2)7-17(14,15)8-10-4-3-5-11(6-10)12(13)16/h3-6,9H,7-8H2,1-2H3,(H2,13,16). The Morgan fingerprint density at radius 2 is 2.06 bits per heavy atom. The summed E-state index contributed by atoms with van der Waals surface area (Å²) in [5.74, 6) is 0.380. The number of hydrogen-bond acceptors (Lipinski definition) is 3. The molecule has 0 heterocycles. The summed E-state index contributed by atoms with van der Waals surface area (Å²) in [6.45, 7) is 3.78. The SMILES string of the molecule is CC(C)CS(=O)(=O)Cc1cccc(C(N)=S)c1. The Bertz CT molecular complexity index is 507. The quantitative estimate of drug-likeness (QED) is 0.831. The minimum absolute atomic E-state index is 0.0433. The second kappa shape index (κ2) is 5.60. The van der Waals surface area contributed by atoms with Gasteiger partial charge in [0.15, 0.2) is 9.84 Å². The van der Waals surface area contributed by atoms with Crippen molar-refractivity contribution in [2.75, 3.05) is 5.75 Å². The Kier molecular flexibility index (Phi) is 4.65.